The van der Waals surface area contributed by atoms with Gasteiger partial charge in [-0.1, -0.05) is 11.2 Å². The smallest absolute Gasteiger partial charge is 0.306 e. The van der Waals surface area contributed by atoms with Gasteiger partial charge >= 0.3 is 5.97 Å². The highest BCUT2D eigenvalue weighted by molar-refractivity contribution is 5.69. The number of nitrogens with zero attached hydrogens (tertiary/aromatic N) is 1. The molecule has 0 atom stereocenters. The van der Waals surface area contributed by atoms with Crippen molar-refractivity contribution in [2.75, 3.05) is 13.2 Å². The highest BCUT2D eigenvalue weighted by Gasteiger charge is 2.21. The SMILES string of the molecule is CCOC(=O)CCc1cc(-c2ccc(Oc3cccc(OCC4CC4)c3)cc2)no1. The highest BCUT2D eigenvalue weighted by Crippen LogP contribution is 2.31. The van der Waals surface area contributed by atoms with E-state index in [4.69, 9.17) is 18.7 Å². The van der Waals surface area contributed by atoms with Crippen molar-refractivity contribution in [2.24, 2.45) is 5.92 Å². The highest BCUT2D eigenvalue weighted by atomic mass is 16.5. The fourth-order valence-electron chi connectivity index (χ4n) is 2.98. The lowest BCUT2D eigenvalue weighted by atomic mass is 10.1. The van der Waals surface area contributed by atoms with E-state index >= 15 is 0 Å². The Balaban J connectivity index is 1.34. The lowest BCUT2D eigenvalue weighted by Crippen LogP contribution is -2.04. The van der Waals surface area contributed by atoms with Gasteiger partial charge in [0.1, 0.15) is 28.7 Å². The summed E-state index contributed by atoms with van der Waals surface area (Å²) in [5.41, 5.74) is 1.63. The quantitative estimate of drug-likeness (QED) is 0.418. The molecule has 0 aliphatic heterocycles. The third-order valence-electron chi connectivity index (χ3n) is 4.81. The topological polar surface area (TPSA) is 70.8 Å². The van der Waals surface area contributed by atoms with Crippen molar-refractivity contribution in [3.63, 3.8) is 0 Å². The third kappa shape index (κ3) is 5.63. The van der Waals surface area contributed by atoms with Gasteiger partial charge in [-0.05, 0) is 62.1 Å². The lowest BCUT2D eigenvalue weighted by molar-refractivity contribution is -0.143. The van der Waals surface area contributed by atoms with Gasteiger partial charge < -0.3 is 18.7 Å². The number of carbonyl (C=O) groups is 1. The number of benzene rings is 2. The van der Waals surface area contributed by atoms with E-state index in [1.807, 2.05) is 54.6 Å². The molecule has 30 heavy (non-hydrogen) atoms. The molecular formula is C24H25NO5. The van der Waals surface area contributed by atoms with Gasteiger partial charge in [0.05, 0.1) is 19.6 Å². The molecule has 2 aromatic carbocycles. The molecule has 1 aromatic heterocycles. The summed E-state index contributed by atoms with van der Waals surface area (Å²) < 4.78 is 22.0. The van der Waals surface area contributed by atoms with Gasteiger partial charge in [-0.2, -0.15) is 0 Å². The van der Waals surface area contributed by atoms with Crippen LogP contribution in [0.5, 0.6) is 17.2 Å². The van der Waals surface area contributed by atoms with Crippen LogP contribution < -0.4 is 9.47 Å². The molecule has 0 radical (unpaired) electrons. The maximum Gasteiger partial charge on any atom is 0.306 e. The van der Waals surface area contributed by atoms with E-state index in [2.05, 4.69) is 5.16 Å². The van der Waals surface area contributed by atoms with Crippen LogP contribution in [0.1, 0.15) is 31.9 Å². The molecule has 0 bridgehead atoms. The van der Waals surface area contributed by atoms with Crippen molar-refractivity contribution in [1.82, 2.24) is 5.16 Å². The largest absolute Gasteiger partial charge is 0.493 e. The van der Waals surface area contributed by atoms with Gasteiger partial charge in [-0.15, -0.1) is 0 Å². The molecule has 0 saturated heterocycles. The Hall–Kier alpha value is -3.28. The Labute approximate surface area is 175 Å². The molecule has 156 valence electrons. The Bertz CT molecular complexity index is 975. The lowest BCUT2D eigenvalue weighted by Gasteiger charge is -2.09. The fourth-order valence-corrected chi connectivity index (χ4v) is 2.98. The van der Waals surface area contributed by atoms with Crippen molar-refractivity contribution >= 4 is 5.97 Å². The first-order chi connectivity index (χ1) is 14.7. The second kappa shape index (κ2) is 9.48. The second-order valence-corrected chi connectivity index (χ2v) is 7.34. The van der Waals surface area contributed by atoms with Crippen LogP contribution in [0.2, 0.25) is 0 Å². The molecule has 1 fully saturated rings. The van der Waals surface area contributed by atoms with Crippen LogP contribution in [0.3, 0.4) is 0 Å². The first kappa shape index (κ1) is 20.0. The summed E-state index contributed by atoms with van der Waals surface area (Å²) >= 11 is 0. The van der Waals surface area contributed by atoms with E-state index in [0.29, 0.717) is 24.7 Å². The standard InChI is InChI=1S/C24H25NO5/c1-2-27-24(26)13-12-22-15-23(25-30-22)18-8-10-19(11-9-18)29-21-5-3-4-20(14-21)28-16-17-6-7-17/h3-5,8-11,14-15,17H,2,6-7,12-13,16H2,1H3. The Morgan fingerprint density at radius 2 is 1.87 bits per heavy atom. The molecule has 6 heteroatoms. The van der Waals surface area contributed by atoms with Crippen LogP contribution in [-0.4, -0.2) is 24.3 Å². The zero-order valence-electron chi connectivity index (χ0n) is 17.0. The Morgan fingerprint density at radius 1 is 1.07 bits per heavy atom. The predicted molar refractivity (Wildman–Crippen MR) is 112 cm³/mol. The summed E-state index contributed by atoms with van der Waals surface area (Å²) in [5, 5.41) is 4.09. The van der Waals surface area contributed by atoms with Gasteiger partial charge in [0.15, 0.2) is 0 Å². The van der Waals surface area contributed by atoms with Crippen LogP contribution in [0.15, 0.2) is 59.1 Å². The maximum absolute atomic E-state index is 11.5. The van der Waals surface area contributed by atoms with Crippen LogP contribution in [0, 0.1) is 5.92 Å². The molecule has 3 aromatic rings. The summed E-state index contributed by atoms with van der Waals surface area (Å²) in [6.07, 6.45) is 3.27. The summed E-state index contributed by atoms with van der Waals surface area (Å²) in [6, 6.07) is 17.2. The average molecular weight is 407 g/mol. The molecule has 1 aliphatic rings. The van der Waals surface area contributed by atoms with Crippen molar-refractivity contribution in [1.29, 1.82) is 0 Å². The monoisotopic (exact) mass is 407 g/mol. The zero-order valence-corrected chi connectivity index (χ0v) is 17.0. The summed E-state index contributed by atoms with van der Waals surface area (Å²) in [4.78, 5) is 11.5. The van der Waals surface area contributed by atoms with Crippen molar-refractivity contribution < 1.29 is 23.5 Å². The van der Waals surface area contributed by atoms with Crippen molar-refractivity contribution in [3.8, 4) is 28.5 Å². The third-order valence-corrected chi connectivity index (χ3v) is 4.81. The molecule has 6 nitrogen and oxygen atoms in total. The summed E-state index contributed by atoms with van der Waals surface area (Å²) in [5.74, 6) is 3.42. The summed E-state index contributed by atoms with van der Waals surface area (Å²) in [7, 11) is 0. The number of hydrogen-bond acceptors (Lipinski definition) is 6. The van der Waals surface area contributed by atoms with E-state index in [1.54, 1.807) is 6.92 Å². The van der Waals surface area contributed by atoms with Crippen LogP contribution in [0.4, 0.5) is 0 Å². The average Bonchev–Trinajstić information content (AvgIpc) is 3.47. The van der Waals surface area contributed by atoms with E-state index < -0.39 is 0 Å². The summed E-state index contributed by atoms with van der Waals surface area (Å²) in [6.45, 7) is 2.95. The minimum atomic E-state index is -0.237. The minimum absolute atomic E-state index is 0.237. The van der Waals surface area contributed by atoms with Crippen LogP contribution >= 0.6 is 0 Å². The van der Waals surface area contributed by atoms with Gasteiger partial charge in [0.2, 0.25) is 0 Å². The zero-order chi connectivity index (χ0) is 20.8. The van der Waals surface area contributed by atoms with Crippen LogP contribution in [-0.2, 0) is 16.0 Å². The number of hydrogen-bond donors (Lipinski definition) is 0. The number of esters is 1. The Kier molecular flexibility index (Phi) is 6.32. The van der Waals surface area contributed by atoms with E-state index in [-0.39, 0.29) is 12.4 Å². The normalized spacial score (nSPS) is 13.1. The van der Waals surface area contributed by atoms with Gasteiger partial charge in [-0.25, -0.2) is 0 Å². The van der Waals surface area contributed by atoms with Gasteiger partial charge in [0.25, 0.3) is 0 Å². The number of aromatic nitrogens is 1. The molecule has 0 amide bonds. The molecule has 1 aliphatic carbocycles. The molecule has 0 spiro atoms. The van der Waals surface area contributed by atoms with E-state index in [0.717, 1.165) is 35.1 Å². The molecule has 0 N–H and O–H groups in total. The van der Waals surface area contributed by atoms with Crippen molar-refractivity contribution in [2.45, 2.75) is 32.6 Å². The molecule has 1 heterocycles. The predicted octanol–water partition coefficient (Wildman–Crippen LogP) is 5.42. The van der Waals surface area contributed by atoms with Crippen LogP contribution in [0.25, 0.3) is 11.3 Å². The number of ether oxygens (including phenoxy) is 3. The first-order valence-corrected chi connectivity index (χ1v) is 10.3. The molecule has 1 saturated carbocycles. The molecule has 4 rings (SSSR count). The maximum atomic E-state index is 11.5. The number of carbonyl (C=O) groups excluding carboxylic acids is 1. The molecule has 0 unspecified atom stereocenters. The van der Waals surface area contributed by atoms with Crippen molar-refractivity contribution in [3.05, 3.63) is 60.4 Å². The van der Waals surface area contributed by atoms with E-state index in [1.165, 1.54) is 12.8 Å². The van der Waals surface area contributed by atoms with Gasteiger partial charge in [-0.3, -0.25) is 4.79 Å². The van der Waals surface area contributed by atoms with Gasteiger partial charge in [0, 0.05) is 24.1 Å². The van der Waals surface area contributed by atoms with E-state index in [9.17, 15) is 4.79 Å². The first-order valence-electron chi connectivity index (χ1n) is 10.3. The Morgan fingerprint density at radius 3 is 2.63 bits per heavy atom. The minimum Gasteiger partial charge on any atom is -0.493 e. The fraction of sp³-hybridized carbons (Fsp3) is 0.333. The molecular weight excluding hydrogens is 382 g/mol. The number of aryl methyl sites for hydroxylation is 1. The second-order valence-electron chi connectivity index (χ2n) is 7.34. The number of rotatable bonds is 10.